The van der Waals surface area contributed by atoms with Gasteiger partial charge >= 0.3 is 6.01 Å². The third-order valence-corrected chi connectivity index (χ3v) is 1.68. The molecular weight excluding hydrogens is 170 g/mol. The molecule has 0 unspecified atom stereocenters. The van der Waals surface area contributed by atoms with E-state index in [9.17, 15) is 0 Å². The summed E-state index contributed by atoms with van der Waals surface area (Å²) in [6.45, 7) is 1.87. The zero-order valence-electron chi connectivity index (χ0n) is 7.35. The molecule has 0 spiro atoms. The van der Waals surface area contributed by atoms with Gasteiger partial charge in [0.2, 0.25) is 0 Å². The third kappa shape index (κ3) is 1.26. The maximum atomic E-state index is 5.31. The summed E-state index contributed by atoms with van der Waals surface area (Å²) in [6.07, 6.45) is 1.81. The summed E-state index contributed by atoms with van der Waals surface area (Å²) in [5, 5.41) is 11.5. The van der Waals surface area contributed by atoms with Crippen molar-refractivity contribution in [3.8, 4) is 11.5 Å². The van der Waals surface area contributed by atoms with Crippen LogP contribution in [0.1, 0.15) is 5.69 Å². The standard InChI is InChI=1S/C7H9N5O/c1-4-5(3-12(2)11-4)6-9-10-7(8)13-6/h3H,1-2H3,(H2,8,10). The molecule has 13 heavy (non-hydrogen) atoms. The second-order valence-corrected chi connectivity index (χ2v) is 2.75. The van der Waals surface area contributed by atoms with E-state index in [0.29, 0.717) is 5.89 Å². The Bertz CT molecular complexity index is 430. The van der Waals surface area contributed by atoms with Crippen molar-refractivity contribution in [2.45, 2.75) is 6.92 Å². The van der Waals surface area contributed by atoms with Gasteiger partial charge in [0.15, 0.2) is 0 Å². The Morgan fingerprint density at radius 1 is 1.46 bits per heavy atom. The lowest BCUT2D eigenvalue weighted by molar-refractivity contribution is 0.589. The number of nitrogens with two attached hydrogens (primary N) is 1. The Hall–Kier alpha value is -1.85. The highest BCUT2D eigenvalue weighted by Crippen LogP contribution is 2.20. The predicted molar refractivity (Wildman–Crippen MR) is 45.6 cm³/mol. The monoisotopic (exact) mass is 179 g/mol. The van der Waals surface area contributed by atoms with Crippen molar-refractivity contribution in [2.75, 3.05) is 5.73 Å². The summed E-state index contributed by atoms with van der Waals surface area (Å²) >= 11 is 0. The maximum Gasteiger partial charge on any atom is 0.313 e. The molecule has 0 amide bonds. The van der Waals surface area contributed by atoms with E-state index in [2.05, 4.69) is 15.3 Å². The zero-order valence-corrected chi connectivity index (χ0v) is 7.35. The van der Waals surface area contributed by atoms with Gasteiger partial charge in [0, 0.05) is 13.2 Å². The lowest BCUT2D eigenvalue weighted by Crippen LogP contribution is -1.86. The molecule has 0 aliphatic rings. The lowest BCUT2D eigenvalue weighted by atomic mass is 10.3. The van der Waals surface area contributed by atoms with E-state index >= 15 is 0 Å². The van der Waals surface area contributed by atoms with Gasteiger partial charge in [-0.1, -0.05) is 5.10 Å². The highest BCUT2D eigenvalue weighted by Gasteiger charge is 2.11. The predicted octanol–water partition coefficient (Wildman–Crippen LogP) is 0.361. The minimum atomic E-state index is 0.0678. The quantitative estimate of drug-likeness (QED) is 0.683. The molecule has 0 radical (unpaired) electrons. The lowest BCUT2D eigenvalue weighted by Gasteiger charge is -1.86. The second kappa shape index (κ2) is 2.58. The molecule has 0 saturated heterocycles. The second-order valence-electron chi connectivity index (χ2n) is 2.75. The van der Waals surface area contributed by atoms with Crippen LogP contribution in [-0.4, -0.2) is 20.0 Å². The first-order chi connectivity index (χ1) is 6.16. The summed E-state index contributed by atoms with van der Waals surface area (Å²) in [6, 6.07) is 0.0678. The van der Waals surface area contributed by atoms with Crippen molar-refractivity contribution >= 4 is 6.01 Å². The van der Waals surface area contributed by atoms with Crippen molar-refractivity contribution in [1.29, 1.82) is 0 Å². The summed E-state index contributed by atoms with van der Waals surface area (Å²) in [7, 11) is 1.83. The molecule has 2 aromatic rings. The largest absolute Gasteiger partial charge is 0.403 e. The summed E-state index contributed by atoms with van der Waals surface area (Å²) in [5.74, 6) is 0.406. The van der Waals surface area contributed by atoms with Gasteiger partial charge in [-0.05, 0) is 6.92 Å². The summed E-state index contributed by atoms with van der Waals surface area (Å²) < 4.78 is 6.75. The van der Waals surface area contributed by atoms with Crippen LogP contribution >= 0.6 is 0 Å². The Balaban J connectivity index is 2.51. The molecule has 0 fully saturated rings. The van der Waals surface area contributed by atoms with Crippen molar-refractivity contribution < 1.29 is 4.42 Å². The molecule has 6 heteroatoms. The number of hydrogen-bond donors (Lipinski definition) is 1. The molecule has 2 rings (SSSR count). The molecule has 2 heterocycles. The first-order valence-corrected chi connectivity index (χ1v) is 3.76. The number of nitrogens with zero attached hydrogens (tertiary/aromatic N) is 4. The molecule has 6 nitrogen and oxygen atoms in total. The van der Waals surface area contributed by atoms with Crippen LogP contribution < -0.4 is 5.73 Å². The highest BCUT2D eigenvalue weighted by atomic mass is 16.4. The minimum Gasteiger partial charge on any atom is -0.403 e. The fraction of sp³-hybridized carbons (Fsp3) is 0.286. The first-order valence-electron chi connectivity index (χ1n) is 3.76. The Labute approximate surface area is 74.4 Å². The van der Waals surface area contributed by atoms with Gasteiger partial charge < -0.3 is 10.2 Å². The smallest absolute Gasteiger partial charge is 0.313 e. The van der Waals surface area contributed by atoms with E-state index in [1.54, 1.807) is 4.68 Å². The van der Waals surface area contributed by atoms with Gasteiger partial charge in [-0.15, -0.1) is 5.10 Å². The number of nitrogen functional groups attached to an aromatic ring is 1. The van der Waals surface area contributed by atoms with Crippen LogP contribution in [0.2, 0.25) is 0 Å². The highest BCUT2D eigenvalue weighted by molar-refractivity contribution is 5.54. The number of rotatable bonds is 1. The van der Waals surface area contributed by atoms with Gasteiger partial charge in [-0.25, -0.2) is 0 Å². The van der Waals surface area contributed by atoms with Gasteiger partial charge in [0.05, 0.1) is 11.3 Å². The Kier molecular flexibility index (Phi) is 1.54. The van der Waals surface area contributed by atoms with Crippen LogP contribution in [-0.2, 0) is 7.05 Å². The zero-order chi connectivity index (χ0) is 9.42. The summed E-state index contributed by atoms with van der Waals surface area (Å²) in [5.41, 5.74) is 6.96. The molecule has 0 aromatic carbocycles. The SMILES string of the molecule is Cc1nn(C)cc1-c1nnc(N)o1. The van der Waals surface area contributed by atoms with Crippen LogP contribution in [0, 0.1) is 6.92 Å². The van der Waals surface area contributed by atoms with Crippen LogP contribution in [0.3, 0.4) is 0 Å². The van der Waals surface area contributed by atoms with Crippen molar-refractivity contribution in [3.63, 3.8) is 0 Å². The minimum absolute atomic E-state index is 0.0678. The Morgan fingerprint density at radius 2 is 2.23 bits per heavy atom. The van der Waals surface area contributed by atoms with Gasteiger partial charge in [-0.2, -0.15) is 5.10 Å². The normalized spacial score (nSPS) is 10.6. The van der Waals surface area contributed by atoms with E-state index < -0.39 is 0 Å². The average molecular weight is 179 g/mol. The molecule has 0 saturated carbocycles. The van der Waals surface area contributed by atoms with E-state index in [4.69, 9.17) is 10.2 Å². The molecule has 2 aromatic heterocycles. The van der Waals surface area contributed by atoms with E-state index in [1.165, 1.54) is 0 Å². The fourth-order valence-corrected chi connectivity index (χ4v) is 1.15. The molecule has 0 atom stereocenters. The van der Waals surface area contributed by atoms with Crippen molar-refractivity contribution in [2.24, 2.45) is 7.05 Å². The maximum absolute atomic E-state index is 5.31. The molecule has 0 bridgehead atoms. The fourth-order valence-electron chi connectivity index (χ4n) is 1.15. The number of aryl methyl sites for hydroxylation is 2. The van der Waals surface area contributed by atoms with Gasteiger partial charge in [0.1, 0.15) is 0 Å². The molecule has 2 N–H and O–H groups in total. The van der Waals surface area contributed by atoms with Crippen LogP contribution in [0.15, 0.2) is 10.6 Å². The van der Waals surface area contributed by atoms with E-state index in [0.717, 1.165) is 11.3 Å². The number of hydrogen-bond acceptors (Lipinski definition) is 5. The van der Waals surface area contributed by atoms with Crippen molar-refractivity contribution in [3.05, 3.63) is 11.9 Å². The van der Waals surface area contributed by atoms with Gasteiger partial charge in [-0.3, -0.25) is 4.68 Å². The van der Waals surface area contributed by atoms with Crippen LogP contribution in [0.4, 0.5) is 6.01 Å². The first kappa shape index (κ1) is 7.78. The number of anilines is 1. The molecule has 68 valence electrons. The number of aromatic nitrogens is 4. The molecule has 0 aliphatic heterocycles. The van der Waals surface area contributed by atoms with E-state index in [-0.39, 0.29) is 6.01 Å². The third-order valence-electron chi connectivity index (χ3n) is 1.68. The average Bonchev–Trinajstić information content (AvgIpc) is 2.58. The van der Waals surface area contributed by atoms with Gasteiger partial charge in [0.25, 0.3) is 5.89 Å². The van der Waals surface area contributed by atoms with Crippen LogP contribution in [0.25, 0.3) is 11.5 Å². The Morgan fingerprint density at radius 3 is 2.69 bits per heavy atom. The topological polar surface area (TPSA) is 82.8 Å². The molecule has 0 aliphatic carbocycles. The summed E-state index contributed by atoms with van der Waals surface area (Å²) in [4.78, 5) is 0. The van der Waals surface area contributed by atoms with Crippen molar-refractivity contribution in [1.82, 2.24) is 20.0 Å². The molecular formula is C7H9N5O. The van der Waals surface area contributed by atoms with E-state index in [1.807, 2.05) is 20.2 Å². The van der Waals surface area contributed by atoms with Crippen LogP contribution in [0.5, 0.6) is 0 Å².